The first-order valence-electron chi connectivity index (χ1n) is 7.86. The van der Waals surface area contributed by atoms with Crippen molar-refractivity contribution in [2.75, 3.05) is 33.9 Å². The number of amides is 2. The Bertz CT molecular complexity index is 491. The molecule has 0 aliphatic rings. The lowest BCUT2D eigenvalue weighted by molar-refractivity contribution is 0.108. The molecule has 130 valence electrons. The normalized spacial score (nSPS) is 10.7. The van der Waals surface area contributed by atoms with E-state index in [-0.39, 0.29) is 11.8 Å². The van der Waals surface area contributed by atoms with Crippen LogP contribution in [0.4, 0.5) is 4.79 Å². The molecule has 1 aromatic rings. The summed E-state index contributed by atoms with van der Waals surface area (Å²) < 4.78 is 10.5. The van der Waals surface area contributed by atoms with Gasteiger partial charge in [0.1, 0.15) is 0 Å². The van der Waals surface area contributed by atoms with E-state index in [1.54, 1.807) is 24.1 Å². The third-order valence-corrected chi connectivity index (χ3v) is 3.20. The number of hydrogen-bond donors (Lipinski definition) is 2. The average molecular weight is 324 g/mol. The second kappa shape index (κ2) is 9.94. The van der Waals surface area contributed by atoms with Crippen LogP contribution in [0.25, 0.3) is 0 Å². The Kier molecular flexibility index (Phi) is 8.26. The number of methoxy groups -OCH3 is 1. The molecular formula is C17H28N2O4. The van der Waals surface area contributed by atoms with Gasteiger partial charge in [0.25, 0.3) is 0 Å². The standard InChI is InChI=1S/C17H28N2O4/c1-13(2)12-23-9-5-8-18-17(21)19(3)11-14-6-7-16(22-4)15(20)10-14/h6-7,10,13,20H,5,8-9,11-12H2,1-4H3,(H,18,21). The summed E-state index contributed by atoms with van der Waals surface area (Å²) in [7, 11) is 3.21. The molecule has 1 aromatic carbocycles. The molecule has 0 heterocycles. The number of carbonyl (C=O) groups excluding carboxylic acids is 1. The number of hydrogen-bond acceptors (Lipinski definition) is 4. The van der Waals surface area contributed by atoms with E-state index < -0.39 is 0 Å². The second-order valence-electron chi connectivity index (χ2n) is 5.92. The van der Waals surface area contributed by atoms with Gasteiger partial charge in [-0.25, -0.2) is 4.79 Å². The number of phenolic OH excluding ortho intramolecular Hbond substituents is 1. The molecule has 6 nitrogen and oxygen atoms in total. The molecule has 2 amide bonds. The summed E-state index contributed by atoms with van der Waals surface area (Å²) >= 11 is 0. The molecule has 0 aliphatic heterocycles. The number of aromatic hydroxyl groups is 1. The van der Waals surface area contributed by atoms with Crippen molar-refractivity contribution in [2.45, 2.75) is 26.8 Å². The van der Waals surface area contributed by atoms with Gasteiger partial charge in [0.05, 0.1) is 7.11 Å². The number of nitrogens with zero attached hydrogens (tertiary/aromatic N) is 1. The zero-order chi connectivity index (χ0) is 17.2. The van der Waals surface area contributed by atoms with Crippen LogP contribution in [0, 0.1) is 5.92 Å². The molecule has 0 radical (unpaired) electrons. The molecular weight excluding hydrogens is 296 g/mol. The van der Waals surface area contributed by atoms with Crippen molar-refractivity contribution in [3.05, 3.63) is 23.8 Å². The maximum Gasteiger partial charge on any atom is 0.317 e. The van der Waals surface area contributed by atoms with Crippen molar-refractivity contribution >= 4 is 6.03 Å². The van der Waals surface area contributed by atoms with E-state index in [1.807, 2.05) is 6.07 Å². The highest BCUT2D eigenvalue weighted by Crippen LogP contribution is 2.26. The van der Waals surface area contributed by atoms with Crippen LogP contribution >= 0.6 is 0 Å². The van der Waals surface area contributed by atoms with Gasteiger partial charge in [-0.15, -0.1) is 0 Å². The summed E-state index contributed by atoms with van der Waals surface area (Å²) in [5, 5.41) is 12.6. The van der Waals surface area contributed by atoms with E-state index in [0.29, 0.717) is 31.4 Å². The van der Waals surface area contributed by atoms with Gasteiger partial charge in [-0.1, -0.05) is 19.9 Å². The molecule has 0 aliphatic carbocycles. The van der Waals surface area contributed by atoms with Crippen molar-refractivity contribution in [3.63, 3.8) is 0 Å². The Balaban J connectivity index is 2.29. The predicted octanol–water partition coefficient (Wildman–Crippen LogP) is 2.60. The Morgan fingerprint density at radius 1 is 1.39 bits per heavy atom. The lowest BCUT2D eigenvalue weighted by Gasteiger charge is -2.18. The van der Waals surface area contributed by atoms with Gasteiger partial charge in [0.2, 0.25) is 0 Å². The minimum absolute atomic E-state index is 0.0705. The van der Waals surface area contributed by atoms with Gasteiger partial charge >= 0.3 is 6.03 Å². The Morgan fingerprint density at radius 3 is 2.74 bits per heavy atom. The first-order valence-corrected chi connectivity index (χ1v) is 7.86. The fraction of sp³-hybridized carbons (Fsp3) is 0.588. The average Bonchev–Trinajstić information content (AvgIpc) is 2.50. The van der Waals surface area contributed by atoms with Crippen molar-refractivity contribution in [1.82, 2.24) is 10.2 Å². The third-order valence-electron chi connectivity index (χ3n) is 3.20. The van der Waals surface area contributed by atoms with Crippen molar-refractivity contribution in [1.29, 1.82) is 0 Å². The lowest BCUT2D eigenvalue weighted by atomic mass is 10.2. The zero-order valence-corrected chi connectivity index (χ0v) is 14.5. The van der Waals surface area contributed by atoms with Crippen LogP contribution in [-0.4, -0.2) is 50.0 Å². The molecule has 0 aromatic heterocycles. The number of ether oxygens (including phenoxy) is 2. The number of urea groups is 1. The molecule has 0 spiro atoms. The van der Waals surface area contributed by atoms with Crippen LogP contribution in [-0.2, 0) is 11.3 Å². The highest BCUT2D eigenvalue weighted by atomic mass is 16.5. The smallest absolute Gasteiger partial charge is 0.317 e. The number of phenols is 1. The molecule has 6 heteroatoms. The first kappa shape index (κ1) is 19.1. The van der Waals surface area contributed by atoms with Crippen LogP contribution in [0.5, 0.6) is 11.5 Å². The van der Waals surface area contributed by atoms with E-state index in [2.05, 4.69) is 19.2 Å². The largest absolute Gasteiger partial charge is 0.504 e. The highest BCUT2D eigenvalue weighted by molar-refractivity contribution is 5.73. The van der Waals surface area contributed by atoms with Crippen LogP contribution < -0.4 is 10.1 Å². The second-order valence-corrected chi connectivity index (χ2v) is 5.92. The number of rotatable bonds is 9. The Labute approximate surface area is 138 Å². The molecule has 23 heavy (non-hydrogen) atoms. The van der Waals surface area contributed by atoms with Gasteiger partial charge in [-0.05, 0) is 30.0 Å². The number of benzene rings is 1. The number of carbonyl (C=O) groups is 1. The van der Waals surface area contributed by atoms with Gasteiger partial charge in [0, 0.05) is 33.4 Å². The monoisotopic (exact) mass is 324 g/mol. The molecule has 0 unspecified atom stereocenters. The summed E-state index contributed by atoms with van der Waals surface area (Å²) in [4.78, 5) is 13.5. The predicted molar refractivity (Wildman–Crippen MR) is 89.8 cm³/mol. The molecule has 0 bridgehead atoms. The van der Waals surface area contributed by atoms with Crippen molar-refractivity contribution < 1.29 is 19.4 Å². The third kappa shape index (κ3) is 7.23. The molecule has 0 atom stereocenters. The van der Waals surface area contributed by atoms with E-state index in [1.165, 1.54) is 7.11 Å². The van der Waals surface area contributed by atoms with E-state index in [0.717, 1.165) is 18.6 Å². The SMILES string of the molecule is COc1ccc(CN(C)C(=O)NCCCOCC(C)C)cc1O. The fourth-order valence-electron chi connectivity index (χ4n) is 2.00. The fourth-order valence-corrected chi connectivity index (χ4v) is 2.00. The van der Waals surface area contributed by atoms with Gasteiger partial charge in [-0.2, -0.15) is 0 Å². The van der Waals surface area contributed by atoms with Crippen LogP contribution in [0.15, 0.2) is 18.2 Å². The first-order chi connectivity index (χ1) is 10.9. The van der Waals surface area contributed by atoms with Crippen molar-refractivity contribution in [2.24, 2.45) is 5.92 Å². The van der Waals surface area contributed by atoms with E-state index in [9.17, 15) is 9.90 Å². The summed E-state index contributed by atoms with van der Waals surface area (Å²) in [6.07, 6.45) is 0.787. The van der Waals surface area contributed by atoms with E-state index >= 15 is 0 Å². The summed E-state index contributed by atoms with van der Waals surface area (Å²) in [6.45, 7) is 6.59. The van der Waals surface area contributed by atoms with Gasteiger partial charge in [0.15, 0.2) is 11.5 Å². The molecule has 1 rings (SSSR count). The minimum Gasteiger partial charge on any atom is -0.504 e. The van der Waals surface area contributed by atoms with Crippen LogP contribution in [0.2, 0.25) is 0 Å². The van der Waals surface area contributed by atoms with Crippen LogP contribution in [0.3, 0.4) is 0 Å². The van der Waals surface area contributed by atoms with E-state index in [4.69, 9.17) is 9.47 Å². The molecule has 0 saturated heterocycles. The van der Waals surface area contributed by atoms with Gasteiger partial charge in [-0.3, -0.25) is 0 Å². The number of nitrogens with one attached hydrogen (secondary N) is 1. The lowest BCUT2D eigenvalue weighted by Crippen LogP contribution is -2.37. The molecule has 0 saturated carbocycles. The Morgan fingerprint density at radius 2 is 2.13 bits per heavy atom. The highest BCUT2D eigenvalue weighted by Gasteiger charge is 2.10. The summed E-state index contributed by atoms with van der Waals surface area (Å²) in [6, 6.07) is 4.96. The summed E-state index contributed by atoms with van der Waals surface area (Å²) in [5.74, 6) is 1.01. The quantitative estimate of drug-likeness (QED) is 0.685. The van der Waals surface area contributed by atoms with Gasteiger partial charge < -0.3 is 24.8 Å². The minimum atomic E-state index is -0.149. The maximum atomic E-state index is 12.0. The van der Waals surface area contributed by atoms with Crippen LogP contribution in [0.1, 0.15) is 25.8 Å². The Hall–Kier alpha value is -1.95. The maximum absolute atomic E-state index is 12.0. The topological polar surface area (TPSA) is 71.0 Å². The zero-order valence-electron chi connectivity index (χ0n) is 14.5. The summed E-state index contributed by atoms with van der Waals surface area (Å²) in [5.41, 5.74) is 0.834. The van der Waals surface area contributed by atoms with Crippen molar-refractivity contribution in [3.8, 4) is 11.5 Å². The molecule has 0 fully saturated rings. The molecule has 2 N–H and O–H groups in total.